The molecule has 10 aromatic rings. The Hall–Kier alpha value is -7.59. The van der Waals surface area contributed by atoms with Crippen molar-refractivity contribution in [1.29, 1.82) is 10.5 Å². The van der Waals surface area contributed by atoms with E-state index in [-0.39, 0.29) is 17.0 Å². The van der Waals surface area contributed by atoms with Crippen molar-refractivity contribution >= 4 is 70.3 Å². The van der Waals surface area contributed by atoms with Gasteiger partial charge in [-0.2, -0.15) is 10.5 Å². The lowest BCUT2D eigenvalue weighted by Crippen LogP contribution is -2.29. The van der Waals surface area contributed by atoms with E-state index in [9.17, 15) is 20.1 Å². The normalized spacial score (nSPS) is 12.3. The van der Waals surface area contributed by atoms with Crippen LogP contribution in [0.5, 0.6) is 0 Å². The predicted octanol–water partition coefficient (Wildman–Crippen LogP) is 13.0. The zero-order valence-electron chi connectivity index (χ0n) is 32.7. The second-order valence-electron chi connectivity index (χ2n) is 15.8. The number of nitriles is 2. The van der Waals surface area contributed by atoms with Crippen LogP contribution in [0.2, 0.25) is 0 Å². The minimum absolute atomic E-state index is 0.215. The first kappa shape index (κ1) is 35.8. The van der Waals surface area contributed by atoms with Gasteiger partial charge in [0.1, 0.15) is 0 Å². The lowest BCUT2D eigenvalue weighted by Gasteiger charge is -2.23. The third-order valence-electron chi connectivity index (χ3n) is 12.7. The molecule has 0 spiro atoms. The lowest BCUT2D eigenvalue weighted by atomic mass is 9.79. The Morgan fingerprint density at radius 3 is 1.59 bits per heavy atom. The number of nitrogens with zero attached hydrogens (tertiary/aromatic N) is 4. The van der Waals surface area contributed by atoms with E-state index in [1.54, 1.807) is 0 Å². The predicted molar refractivity (Wildman–Crippen MR) is 241 cm³/mol. The monoisotopic (exact) mass is 760 g/mol. The summed E-state index contributed by atoms with van der Waals surface area (Å²) in [5, 5.41) is 29.6. The van der Waals surface area contributed by atoms with Gasteiger partial charge in [-0.05, 0) is 130 Å². The van der Waals surface area contributed by atoms with Crippen LogP contribution in [-0.2, 0) is 6.54 Å². The molecule has 1 heterocycles. The number of unbranched alkanes of at least 4 members (excludes halogenated alkanes) is 1. The highest BCUT2D eigenvalue weighted by Gasteiger charge is 2.28. The van der Waals surface area contributed by atoms with Crippen molar-refractivity contribution in [2.45, 2.75) is 46.1 Å². The Kier molecular flexibility index (Phi) is 8.38. The van der Waals surface area contributed by atoms with E-state index < -0.39 is 0 Å². The molecular weight excluding hydrogens is 725 g/mol. The van der Waals surface area contributed by atoms with Gasteiger partial charge in [0.15, 0.2) is 5.69 Å². The fraction of sp³-hybridized carbons (Fsp3) is 0.151. The summed E-state index contributed by atoms with van der Waals surface area (Å²) in [7, 11) is 0. The number of hydrogen-bond donors (Lipinski definition) is 0. The van der Waals surface area contributed by atoms with Crippen LogP contribution < -0.4 is 11.1 Å². The maximum atomic E-state index is 14.8. The molecule has 9 aromatic carbocycles. The highest BCUT2D eigenvalue weighted by Crippen LogP contribution is 2.52. The van der Waals surface area contributed by atoms with E-state index in [1.165, 1.54) is 4.57 Å². The summed E-state index contributed by atoms with van der Waals surface area (Å²) in [6, 6.07) is 42.2. The van der Waals surface area contributed by atoms with Crippen molar-refractivity contribution in [2.24, 2.45) is 5.92 Å². The van der Waals surface area contributed by atoms with Crippen LogP contribution >= 0.6 is 0 Å². The van der Waals surface area contributed by atoms with Crippen molar-refractivity contribution in [3.8, 4) is 45.5 Å². The first-order valence-electron chi connectivity index (χ1n) is 20.2. The zero-order chi connectivity index (χ0) is 40.5. The van der Waals surface area contributed by atoms with Crippen molar-refractivity contribution in [3.63, 3.8) is 0 Å². The quantitative estimate of drug-likeness (QED) is 0.0832. The first-order chi connectivity index (χ1) is 28.9. The van der Waals surface area contributed by atoms with Gasteiger partial charge < -0.3 is 0 Å². The number of rotatable bonds is 9. The second-order valence-corrected chi connectivity index (χ2v) is 15.8. The fourth-order valence-corrected chi connectivity index (χ4v) is 9.69. The molecule has 1 atom stereocenters. The number of benzene rings is 9. The summed E-state index contributed by atoms with van der Waals surface area (Å²) in [4.78, 5) is 33.3. The Bertz CT molecular complexity index is 3550. The fourth-order valence-electron chi connectivity index (χ4n) is 9.69. The molecule has 0 bridgehead atoms. The second kappa shape index (κ2) is 13.8. The Morgan fingerprint density at radius 2 is 1.03 bits per heavy atom. The standard InChI is InChI=1S/C53H36N4O2/c1-4-6-7-30(5-2)29-57-52(58)50-41-24-21-38-37(33-12-8-31(27-54)9-13-33)20-23-40-45(38)48(41)49-42(51(50)53(57)59)25-22-39-43(34-14-10-32(28-55)11-15-34)26-44(46(40)47(39)49)35-16-18-36(56-3)19-17-35/h8-26,30H,4-7,29H2,1-2H3. The van der Waals surface area contributed by atoms with Crippen LogP contribution in [0.15, 0.2) is 125 Å². The summed E-state index contributed by atoms with van der Waals surface area (Å²) in [6.07, 6.45) is 3.94. The molecule has 0 aliphatic heterocycles. The molecule has 0 fully saturated rings. The average molecular weight is 761 g/mol. The van der Waals surface area contributed by atoms with Crippen LogP contribution in [0.1, 0.15) is 50.7 Å². The average Bonchev–Trinajstić information content (AvgIpc) is 3.54. The molecule has 0 saturated carbocycles. The minimum Gasteiger partial charge on any atom is -0.274 e. The lowest BCUT2D eigenvalue weighted by molar-refractivity contribution is 0.384. The smallest absolute Gasteiger partial charge is 0.262 e. The minimum atomic E-state index is -0.238. The highest BCUT2D eigenvalue weighted by atomic mass is 16.2. The van der Waals surface area contributed by atoms with Gasteiger partial charge in [-0.25, -0.2) is 4.85 Å². The molecule has 0 radical (unpaired) electrons. The largest absolute Gasteiger partial charge is 0.274 e. The number of fused-ring (bicyclic) bond motifs is 4. The molecule has 0 saturated heterocycles. The van der Waals surface area contributed by atoms with Gasteiger partial charge in [-0.3, -0.25) is 14.2 Å². The molecule has 280 valence electrons. The summed E-state index contributed by atoms with van der Waals surface area (Å²) in [5.74, 6) is 0.215. The van der Waals surface area contributed by atoms with Crippen molar-refractivity contribution in [3.05, 3.63) is 159 Å². The molecule has 0 aliphatic carbocycles. The van der Waals surface area contributed by atoms with Gasteiger partial charge in [0.25, 0.3) is 11.1 Å². The van der Waals surface area contributed by atoms with Gasteiger partial charge in [0, 0.05) is 6.54 Å². The zero-order valence-corrected chi connectivity index (χ0v) is 32.7. The van der Waals surface area contributed by atoms with Crippen molar-refractivity contribution in [2.75, 3.05) is 0 Å². The van der Waals surface area contributed by atoms with E-state index >= 15 is 0 Å². The molecule has 0 aliphatic rings. The van der Waals surface area contributed by atoms with Crippen LogP contribution in [-0.4, -0.2) is 4.57 Å². The molecule has 10 rings (SSSR count). The topological polar surface area (TPSA) is 91.0 Å². The van der Waals surface area contributed by atoms with Crippen LogP contribution in [0.3, 0.4) is 0 Å². The number of aromatic nitrogens is 1. The van der Waals surface area contributed by atoms with Gasteiger partial charge in [-0.1, -0.05) is 118 Å². The Morgan fingerprint density at radius 1 is 0.559 bits per heavy atom. The summed E-state index contributed by atoms with van der Waals surface area (Å²) >= 11 is 0. The summed E-state index contributed by atoms with van der Waals surface area (Å²) < 4.78 is 1.51. The third kappa shape index (κ3) is 5.29. The van der Waals surface area contributed by atoms with Gasteiger partial charge >= 0.3 is 0 Å². The maximum absolute atomic E-state index is 14.8. The van der Waals surface area contributed by atoms with E-state index in [4.69, 9.17) is 6.57 Å². The molecule has 59 heavy (non-hydrogen) atoms. The molecule has 6 nitrogen and oxygen atoms in total. The van der Waals surface area contributed by atoms with Crippen LogP contribution in [0, 0.1) is 35.2 Å². The van der Waals surface area contributed by atoms with Gasteiger partial charge in [-0.15, -0.1) is 0 Å². The van der Waals surface area contributed by atoms with Crippen molar-refractivity contribution in [1.82, 2.24) is 4.57 Å². The Labute approximate surface area is 340 Å². The highest BCUT2D eigenvalue weighted by molar-refractivity contribution is 6.46. The maximum Gasteiger partial charge on any atom is 0.262 e. The van der Waals surface area contributed by atoms with E-state index in [0.717, 1.165) is 113 Å². The molecule has 0 N–H and O–H groups in total. The van der Waals surface area contributed by atoms with Gasteiger partial charge in [0.2, 0.25) is 0 Å². The molecule has 1 unspecified atom stereocenters. The SMILES string of the molecule is [C-]#[N+]c1ccc(-c2cc(-c3ccc(C#N)cc3)c3ccc4c5c(=O)n(CC(CC)CCCC)c(=O)c5c5ccc6c(-c7ccc(C#N)cc7)ccc7c2c3c4c5c67)cc1. The van der Waals surface area contributed by atoms with Gasteiger partial charge in [0.05, 0.1) is 40.6 Å². The summed E-state index contributed by atoms with van der Waals surface area (Å²) in [5.41, 5.74) is 7.04. The molecule has 1 aromatic heterocycles. The first-order valence-corrected chi connectivity index (χ1v) is 20.2. The Balaban J connectivity index is 1.43. The van der Waals surface area contributed by atoms with E-state index in [0.29, 0.717) is 34.1 Å². The van der Waals surface area contributed by atoms with E-state index in [2.05, 4.69) is 61.2 Å². The molecule has 6 heteroatoms. The third-order valence-corrected chi connectivity index (χ3v) is 12.7. The molecular formula is C53H36N4O2. The van der Waals surface area contributed by atoms with Crippen LogP contribution in [0.4, 0.5) is 5.69 Å². The van der Waals surface area contributed by atoms with Crippen molar-refractivity contribution < 1.29 is 0 Å². The molecule has 0 amide bonds. The van der Waals surface area contributed by atoms with Crippen LogP contribution in [0.25, 0.3) is 103 Å². The van der Waals surface area contributed by atoms with E-state index in [1.807, 2.05) is 84.9 Å². The number of hydrogen-bond acceptors (Lipinski definition) is 4. The summed E-state index contributed by atoms with van der Waals surface area (Å²) in [6.45, 7) is 12.3.